The Morgan fingerprint density at radius 1 is 0.500 bits per heavy atom. The van der Waals surface area contributed by atoms with Crippen molar-refractivity contribution in [3.63, 3.8) is 0 Å². The molecule has 0 aromatic heterocycles. The first-order valence-corrected chi connectivity index (χ1v) is 8.18. The van der Waals surface area contributed by atoms with Crippen molar-refractivity contribution in [3.8, 4) is 0 Å². The van der Waals surface area contributed by atoms with Crippen molar-refractivity contribution >= 4 is 49.2 Å². The van der Waals surface area contributed by atoms with Gasteiger partial charge in [-0.05, 0) is 48.7 Å². The van der Waals surface area contributed by atoms with Gasteiger partial charge in [0, 0.05) is 0 Å². The molecular formula is C24H15. The van der Waals surface area contributed by atoms with E-state index in [0.717, 1.165) is 5.56 Å². The predicted molar refractivity (Wildman–Crippen MR) is 105 cm³/mol. The summed E-state index contributed by atoms with van der Waals surface area (Å²) in [4.78, 5) is 0. The van der Waals surface area contributed by atoms with Crippen molar-refractivity contribution in [2.75, 3.05) is 0 Å². The lowest BCUT2D eigenvalue weighted by molar-refractivity contribution is 1.75. The van der Waals surface area contributed by atoms with Crippen molar-refractivity contribution in [2.24, 2.45) is 0 Å². The van der Waals surface area contributed by atoms with Crippen LogP contribution in [0.15, 0.2) is 78.9 Å². The molecule has 0 aliphatic rings. The molecular weight excluding hydrogens is 288 g/mol. The molecule has 0 amide bonds. The lowest BCUT2D eigenvalue weighted by Gasteiger charge is -2.11. The maximum Gasteiger partial charge on any atom is -0.00326 e. The van der Waals surface area contributed by atoms with E-state index in [1.165, 1.54) is 43.1 Å². The molecule has 0 bridgehead atoms. The number of hydrogen-bond acceptors (Lipinski definition) is 0. The third-order valence-electron chi connectivity index (χ3n) is 4.98. The van der Waals surface area contributed by atoms with Crippen molar-refractivity contribution in [2.45, 2.75) is 0 Å². The minimum atomic E-state index is 1.08. The Labute approximate surface area is 140 Å². The van der Waals surface area contributed by atoms with Crippen LogP contribution in [0.1, 0.15) is 5.56 Å². The monoisotopic (exact) mass is 303 g/mol. The second kappa shape index (κ2) is 4.94. The van der Waals surface area contributed by atoms with Crippen LogP contribution in [0.25, 0.3) is 49.2 Å². The Kier molecular flexibility index (Phi) is 2.74. The topological polar surface area (TPSA) is 0 Å². The fourth-order valence-corrected chi connectivity index (χ4v) is 3.86. The van der Waals surface area contributed by atoms with Crippen LogP contribution in [0.5, 0.6) is 0 Å². The van der Waals surface area contributed by atoms with Crippen LogP contribution in [0.4, 0.5) is 0 Å². The SMILES string of the molecule is [CH]=Cc1cccc2ccc3c4ccc5ccccc5c4ccc3c12. The molecule has 0 fully saturated rings. The molecule has 5 aromatic rings. The van der Waals surface area contributed by atoms with Crippen LogP contribution in [-0.2, 0) is 0 Å². The van der Waals surface area contributed by atoms with Crippen LogP contribution in [-0.4, -0.2) is 0 Å². The third kappa shape index (κ3) is 1.74. The molecule has 24 heavy (non-hydrogen) atoms. The second-order valence-electron chi connectivity index (χ2n) is 6.22. The Morgan fingerprint density at radius 2 is 1.12 bits per heavy atom. The molecule has 0 unspecified atom stereocenters. The summed E-state index contributed by atoms with van der Waals surface area (Å²) in [5, 5.41) is 10.2. The average Bonchev–Trinajstić information content (AvgIpc) is 2.66. The first-order chi connectivity index (χ1) is 11.9. The van der Waals surface area contributed by atoms with Gasteiger partial charge in [-0.25, -0.2) is 0 Å². The van der Waals surface area contributed by atoms with E-state index in [-0.39, 0.29) is 0 Å². The van der Waals surface area contributed by atoms with E-state index >= 15 is 0 Å². The summed E-state index contributed by atoms with van der Waals surface area (Å²) in [6.07, 6.45) is 1.70. The number of rotatable bonds is 1. The van der Waals surface area contributed by atoms with Gasteiger partial charge < -0.3 is 0 Å². The van der Waals surface area contributed by atoms with Crippen molar-refractivity contribution in [3.05, 3.63) is 91.0 Å². The van der Waals surface area contributed by atoms with Crippen molar-refractivity contribution in [1.29, 1.82) is 0 Å². The van der Waals surface area contributed by atoms with Gasteiger partial charge in [0.1, 0.15) is 0 Å². The maximum atomic E-state index is 5.87. The Hall–Kier alpha value is -3.12. The zero-order valence-corrected chi connectivity index (χ0v) is 13.2. The highest BCUT2D eigenvalue weighted by atomic mass is 14.1. The highest BCUT2D eigenvalue weighted by Gasteiger charge is 2.08. The quantitative estimate of drug-likeness (QED) is 0.301. The van der Waals surface area contributed by atoms with Gasteiger partial charge in [0.2, 0.25) is 0 Å². The fourth-order valence-electron chi connectivity index (χ4n) is 3.86. The molecule has 5 rings (SSSR count). The molecule has 0 N–H and O–H groups in total. The molecule has 0 nitrogen and oxygen atoms in total. The lowest BCUT2D eigenvalue weighted by atomic mass is 9.92. The van der Waals surface area contributed by atoms with Crippen LogP contribution < -0.4 is 0 Å². The minimum Gasteiger partial charge on any atom is -0.0616 e. The van der Waals surface area contributed by atoms with E-state index in [4.69, 9.17) is 6.58 Å². The van der Waals surface area contributed by atoms with Gasteiger partial charge in [-0.15, -0.1) is 0 Å². The van der Waals surface area contributed by atoms with Gasteiger partial charge >= 0.3 is 0 Å². The van der Waals surface area contributed by atoms with E-state index in [9.17, 15) is 0 Å². The molecule has 0 spiro atoms. The van der Waals surface area contributed by atoms with E-state index in [1.807, 2.05) is 0 Å². The summed E-state index contributed by atoms with van der Waals surface area (Å²) in [7, 11) is 0. The minimum absolute atomic E-state index is 1.08. The summed E-state index contributed by atoms with van der Waals surface area (Å²) in [5.41, 5.74) is 1.08. The van der Waals surface area contributed by atoms with Crippen LogP contribution in [0, 0.1) is 6.58 Å². The molecule has 0 heterocycles. The van der Waals surface area contributed by atoms with Gasteiger partial charge in [0.15, 0.2) is 0 Å². The summed E-state index contributed by atoms with van der Waals surface area (Å²) >= 11 is 0. The predicted octanol–water partition coefficient (Wildman–Crippen LogP) is 6.75. The highest BCUT2D eigenvalue weighted by molar-refractivity contribution is 6.23. The zero-order valence-electron chi connectivity index (χ0n) is 13.2. The summed E-state index contributed by atoms with van der Waals surface area (Å²) in [5.74, 6) is 0. The van der Waals surface area contributed by atoms with Crippen molar-refractivity contribution < 1.29 is 0 Å². The van der Waals surface area contributed by atoms with Crippen LogP contribution in [0.2, 0.25) is 0 Å². The molecule has 0 aliphatic heterocycles. The largest absolute Gasteiger partial charge is 0.0616 e. The van der Waals surface area contributed by atoms with Crippen LogP contribution in [0.3, 0.4) is 0 Å². The molecule has 0 saturated carbocycles. The first kappa shape index (κ1) is 13.3. The van der Waals surface area contributed by atoms with Gasteiger partial charge in [-0.1, -0.05) is 91.5 Å². The van der Waals surface area contributed by atoms with Crippen LogP contribution >= 0.6 is 0 Å². The van der Waals surface area contributed by atoms with Gasteiger partial charge in [0.05, 0.1) is 0 Å². The standard InChI is InChI=1S/C24H15/c1-2-16-7-5-8-18-11-13-22-21-12-10-17-6-3-4-9-19(17)20(21)14-15-23(22)24(16)18/h1-15H. The van der Waals surface area contributed by atoms with E-state index in [1.54, 1.807) is 6.08 Å². The van der Waals surface area contributed by atoms with E-state index in [2.05, 4.69) is 78.9 Å². The van der Waals surface area contributed by atoms with Crippen molar-refractivity contribution in [1.82, 2.24) is 0 Å². The molecule has 0 atom stereocenters. The molecule has 0 aliphatic carbocycles. The number of benzene rings is 5. The second-order valence-corrected chi connectivity index (χ2v) is 6.22. The number of fused-ring (bicyclic) bond motifs is 7. The zero-order chi connectivity index (χ0) is 16.1. The average molecular weight is 303 g/mol. The Bertz CT molecular complexity index is 1260. The molecule has 0 heteroatoms. The van der Waals surface area contributed by atoms with Gasteiger partial charge in [-0.2, -0.15) is 0 Å². The smallest absolute Gasteiger partial charge is 0.00326 e. The Balaban J connectivity index is 2.04. The molecule has 0 saturated heterocycles. The molecule has 1 radical (unpaired) electrons. The molecule has 111 valence electrons. The van der Waals surface area contributed by atoms with Gasteiger partial charge in [0.25, 0.3) is 0 Å². The normalized spacial score (nSPS) is 11.5. The summed E-state index contributed by atoms with van der Waals surface area (Å²) in [6.45, 7) is 5.87. The maximum absolute atomic E-state index is 5.87. The fraction of sp³-hybridized carbons (Fsp3) is 0. The number of hydrogen-bond donors (Lipinski definition) is 0. The van der Waals surface area contributed by atoms with Gasteiger partial charge in [-0.3, -0.25) is 0 Å². The van der Waals surface area contributed by atoms with E-state index < -0.39 is 0 Å². The first-order valence-electron chi connectivity index (χ1n) is 8.18. The molecule has 5 aromatic carbocycles. The Morgan fingerprint density at radius 3 is 2.00 bits per heavy atom. The summed E-state index contributed by atoms with van der Waals surface area (Å²) < 4.78 is 0. The third-order valence-corrected chi connectivity index (χ3v) is 4.98. The lowest BCUT2D eigenvalue weighted by Crippen LogP contribution is -1.84. The van der Waals surface area contributed by atoms with E-state index in [0.29, 0.717) is 0 Å². The summed E-state index contributed by atoms with van der Waals surface area (Å²) in [6, 6.07) is 28.2. The highest BCUT2D eigenvalue weighted by Crippen LogP contribution is 2.35.